The Morgan fingerprint density at radius 3 is 2.79 bits per heavy atom. The molecule has 74 valence electrons. The van der Waals surface area contributed by atoms with E-state index in [1.807, 2.05) is 6.92 Å². The van der Waals surface area contributed by atoms with Crippen molar-refractivity contribution >= 4 is 17.3 Å². The molecule has 2 N–H and O–H groups in total. The second-order valence-electron chi connectivity index (χ2n) is 2.86. The number of nitrogens with two attached hydrogens (primary N) is 1. The lowest BCUT2D eigenvalue weighted by Crippen LogP contribution is -1.99. The monoisotopic (exact) mass is 210 g/mol. The van der Waals surface area contributed by atoms with E-state index in [1.54, 1.807) is 12.1 Å². The Kier molecular flexibility index (Phi) is 3.61. The van der Waals surface area contributed by atoms with E-state index in [-0.39, 0.29) is 5.22 Å². The Labute approximate surface area is 87.8 Å². The van der Waals surface area contributed by atoms with Crippen molar-refractivity contribution in [2.45, 2.75) is 19.8 Å². The van der Waals surface area contributed by atoms with Crippen molar-refractivity contribution in [2.24, 2.45) is 5.73 Å². The topological polar surface area (TPSA) is 63.0 Å². The van der Waals surface area contributed by atoms with E-state index < -0.39 is 0 Å². The Morgan fingerprint density at radius 1 is 1.64 bits per heavy atom. The van der Waals surface area contributed by atoms with Crippen molar-refractivity contribution in [3.63, 3.8) is 0 Å². The summed E-state index contributed by atoms with van der Waals surface area (Å²) in [7, 11) is 0. The molecule has 1 heterocycles. The molecule has 0 aliphatic carbocycles. The fourth-order valence-electron chi connectivity index (χ4n) is 1.11. The standard InChI is InChI=1S/C10H11ClN2O/c1-2-3-7(6-12)10(13)8-4-5-9(11)14-8/h4-5H,2-3,13H2,1H3/b10-7-. The molecular formula is C10H11ClN2O. The van der Waals surface area contributed by atoms with Crippen molar-refractivity contribution in [2.75, 3.05) is 0 Å². The molecule has 0 fully saturated rings. The van der Waals surface area contributed by atoms with Crippen LogP contribution in [0.4, 0.5) is 0 Å². The molecule has 0 atom stereocenters. The van der Waals surface area contributed by atoms with Crippen molar-refractivity contribution in [1.29, 1.82) is 5.26 Å². The second-order valence-corrected chi connectivity index (χ2v) is 3.23. The minimum atomic E-state index is 0.275. The van der Waals surface area contributed by atoms with Crippen LogP contribution in [0.25, 0.3) is 5.70 Å². The van der Waals surface area contributed by atoms with Gasteiger partial charge in [0.15, 0.2) is 11.0 Å². The Balaban J connectivity index is 3.02. The molecule has 0 amide bonds. The van der Waals surface area contributed by atoms with Gasteiger partial charge in [0.05, 0.1) is 17.3 Å². The van der Waals surface area contributed by atoms with E-state index >= 15 is 0 Å². The largest absolute Gasteiger partial charge is 0.443 e. The van der Waals surface area contributed by atoms with Crippen molar-refractivity contribution in [3.8, 4) is 6.07 Å². The number of halogens is 1. The van der Waals surface area contributed by atoms with Gasteiger partial charge in [-0.05, 0) is 30.2 Å². The third kappa shape index (κ3) is 2.30. The average Bonchev–Trinajstić information content (AvgIpc) is 2.60. The summed E-state index contributed by atoms with van der Waals surface area (Å²) in [6.45, 7) is 1.99. The number of nitrogens with zero attached hydrogens (tertiary/aromatic N) is 1. The smallest absolute Gasteiger partial charge is 0.194 e. The molecule has 0 aliphatic heterocycles. The predicted octanol–water partition coefficient (Wildman–Crippen LogP) is 2.93. The van der Waals surface area contributed by atoms with Gasteiger partial charge in [0, 0.05) is 0 Å². The third-order valence-electron chi connectivity index (χ3n) is 1.80. The first-order valence-corrected chi connectivity index (χ1v) is 4.71. The van der Waals surface area contributed by atoms with Gasteiger partial charge in [-0.3, -0.25) is 0 Å². The molecular weight excluding hydrogens is 200 g/mol. The van der Waals surface area contributed by atoms with Crippen LogP contribution in [0.2, 0.25) is 5.22 Å². The summed E-state index contributed by atoms with van der Waals surface area (Å²) in [5.74, 6) is 0.458. The molecule has 14 heavy (non-hydrogen) atoms. The maximum atomic E-state index is 8.83. The van der Waals surface area contributed by atoms with Gasteiger partial charge in [0.1, 0.15) is 0 Å². The first-order valence-electron chi connectivity index (χ1n) is 4.33. The number of hydrogen-bond acceptors (Lipinski definition) is 3. The van der Waals surface area contributed by atoms with E-state index in [2.05, 4.69) is 6.07 Å². The predicted molar refractivity (Wildman–Crippen MR) is 55.3 cm³/mol. The molecule has 0 saturated heterocycles. The molecule has 0 spiro atoms. The number of rotatable bonds is 3. The van der Waals surface area contributed by atoms with Crippen LogP contribution < -0.4 is 5.73 Å². The SMILES string of the molecule is CCC/C(C#N)=C(/N)c1ccc(Cl)o1. The van der Waals surface area contributed by atoms with E-state index in [1.165, 1.54) is 0 Å². The van der Waals surface area contributed by atoms with Gasteiger partial charge in [0.2, 0.25) is 0 Å². The van der Waals surface area contributed by atoms with Gasteiger partial charge in [-0.2, -0.15) is 5.26 Å². The van der Waals surface area contributed by atoms with E-state index in [0.717, 1.165) is 6.42 Å². The Hall–Kier alpha value is -1.40. The average molecular weight is 211 g/mol. The molecule has 0 unspecified atom stereocenters. The van der Waals surface area contributed by atoms with Crippen LogP contribution in [-0.4, -0.2) is 0 Å². The Morgan fingerprint density at radius 2 is 2.36 bits per heavy atom. The van der Waals surface area contributed by atoms with Gasteiger partial charge >= 0.3 is 0 Å². The first kappa shape index (κ1) is 10.7. The van der Waals surface area contributed by atoms with Gasteiger partial charge in [-0.25, -0.2) is 0 Å². The highest BCUT2D eigenvalue weighted by Crippen LogP contribution is 2.21. The van der Waals surface area contributed by atoms with Crippen LogP contribution in [-0.2, 0) is 0 Å². The fourth-order valence-corrected chi connectivity index (χ4v) is 1.25. The highest BCUT2D eigenvalue weighted by molar-refractivity contribution is 6.28. The molecule has 0 bridgehead atoms. The quantitative estimate of drug-likeness (QED) is 0.781. The van der Waals surface area contributed by atoms with Crippen molar-refractivity contribution in [1.82, 2.24) is 0 Å². The maximum absolute atomic E-state index is 8.83. The summed E-state index contributed by atoms with van der Waals surface area (Å²) in [5, 5.41) is 9.11. The molecule has 0 saturated carbocycles. The molecule has 0 aliphatic rings. The van der Waals surface area contributed by atoms with E-state index in [4.69, 9.17) is 27.0 Å². The van der Waals surface area contributed by atoms with Crippen LogP contribution in [0.5, 0.6) is 0 Å². The summed E-state index contributed by atoms with van der Waals surface area (Å²) < 4.78 is 5.11. The van der Waals surface area contributed by atoms with E-state index in [0.29, 0.717) is 23.5 Å². The van der Waals surface area contributed by atoms with Crippen LogP contribution in [0, 0.1) is 11.3 Å². The molecule has 1 aromatic heterocycles. The summed E-state index contributed by atoms with van der Waals surface area (Å²) in [6, 6.07) is 5.32. The lowest BCUT2D eigenvalue weighted by atomic mass is 10.1. The Bertz CT molecular complexity index is 387. The summed E-state index contributed by atoms with van der Waals surface area (Å²) in [4.78, 5) is 0. The third-order valence-corrected chi connectivity index (χ3v) is 2.00. The first-order chi connectivity index (χ1) is 6.69. The van der Waals surface area contributed by atoms with Crippen LogP contribution in [0.1, 0.15) is 25.5 Å². The van der Waals surface area contributed by atoms with Gasteiger partial charge in [-0.1, -0.05) is 13.3 Å². The van der Waals surface area contributed by atoms with Gasteiger partial charge in [-0.15, -0.1) is 0 Å². The summed E-state index contributed by atoms with van der Waals surface area (Å²) in [6.07, 6.45) is 1.53. The highest BCUT2D eigenvalue weighted by atomic mass is 35.5. The zero-order valence-electron chi connectivity index (χ0n) is 7.88. The van der Waals surface area contributed by atoms with Crippen molar-refractivity contribution < 1.29 is 4.42 Å². The molecule has 1 aromatic rings. The molecule has 0 radical (unpaired) electrons. The zero-order chi connectivity index (χ0) is 10.6. The fraction of sp³-hybridized carbons (Fsp3) is 0.300. The van der Waals surface area contributed by atoms with Gasteiger partial charge in [0.25, 0.3) is 0 Å². The van der Waals surface area contributed by atoms with E-state index in [9.17, 15) is 0 Å². The molecule has 4 heteroatoms. The summed E-state index contributed by atoms with van der Waals surface area (Å²) >= 11 is 5.60. The normalized spacial score (nSPS) is 12.1. The lowest BCUT2D eigenvalue weighted by molar-refractivity contribution is 0.553. The summed E-state index contributed by atoms with van der Waals surface area (Å²) in [5.41, 5.74) is 6.67. The van der Waals surface area contributed by atoms with Crippen LogP contribution in [0.3, 0.4) is 0 Å². The maximum Gasteiger partial charge on any atom is 0.194 e. The number of furan rings is 1. The molecule has 3 nitrogen and oxygen atoms in total. The van der Waals surface area contributed by atoms with Crippen LogP contribution >= 0.6 is 11.6 Å². The molecule has 0 aromatic carbocycles. The number of hydrogen-bond donors (Lipinski definition) is 1. The van der Waals surface area contributed by atoms with Crippen LogP contribution in [0.15, 0.2) is 22.1 Å². The number of nitriles is 1. The lowest BCUT2D eigenvalue weighted by Gasteiger charge is -2.00. The number of allylic oxidation sites excluding steroid dienone is 1. The van der Waals surface area contributed by atoms with Gasteiger partial charge < -0.3 is 10.2 Å². The zero-order valence-corrected chi connectivity index (χ0v) is 8.64. The molecule has 1 rings (SSSR count). The van der Waals surface area contributed by atoms with Crippen molar-refractivity contribution in [3.05, 3.63) is 28.7 Å². The second kappa shape index (κ2) is 4.73. The minimum absolute atomic E-state index is 0.275. The minimum Gasteiger partial charge on any atom is -0.443 e. The highest BCUT2D eigenvalue weighted by Gasteiger charge is 2.08.